The van der Waals surface area contributed by atoms with Crippen molar-refractivity contribution in [3.05, 3.63) is 15.6 Å². The van der Waals surface area contributed by atoms with Crippen LogP contribution in [0.1, 0.15) is 53.6 Å². The normalized spacial score (nSPS) is 19.2. The fraction of sp³-hybridized carbons (Fsp3) is 0.727. The van der Waals surface area contributed by atoms with Gasteiger partial charge in [0.1, 0.15) is 0 Å². The zero-order valence-corrected chi connectivity index (χ0v) is 9.28. The Hall–Kier alpha value is -0.370. The van der Waals surface area contributed by atoms with Crippen molar-refractivity contribution in [2.45, 2.75) is 51.9 Å². The second kappa shape index (κ2) is 3.79. The monoisotopic (exact) mass is 195 g/mol. The zero-order chi connectivity index (χ0) is 9.26. The molecule has 0 spiro atoms. The van der Waals surface area contributed by atoms with E-state index in [1.165, 1.54) is 42.8 Å². The van der Waals surface area contributed by atoms with Crippen molar-refractivity contribution in [2.24, 2.45) is 0 Å². The SMILES string of the molecule is Cc1nc(C)c(C2CCCCC2)s1. The van der Waals surface area contributed by atoms with Gasteiger partial charge in [0.05, 0.1) is 10.7 Å². The Kier molecular flexibility index (Phi) is 2.68. The summed E-state index contributed by atoms with van der Waals surface area (Å²) in [5.41, 5.74) is 1.29. The van der Waals surface area contributed by atoms with Crippen LogP contribution >= 0.6 is 11.3 Å². The molecule has 1 aliphatic rings. The molecule has 2 rings (SSSR count). The van der Waals surface area contributed by atoms with E-state index < -0.39 is 0 Å². The Morgan fingerprint density at radius 3 is 2.38 bits per heavy atom. The smallest absolute Gasteiger partial charge is 0.0900 e. The molecule has 0 bridgehead atoms. The van der Waals surface area contributed by atoms with Gasteiger partial charge in [-0.05, 0) is 32.6 Å². The lowest BCUT2D eigenvalue weighted by Crippen LogP contribution is -2.03. The number of hydrogen-bond donors (Lipinski definition) is 0. The highest BCUT2D eigenvalue weighted by Crippen LogP contribution is 2.37. The molecule has 1 aromatic heterocycles. The average Bonchev–Trinajstić information content (AvgIpc) is 2.47. The third-order valence-corrected chi connectivity index (χ3v) is 4.15. The molecule has 2 heteroatoms. The fourth-order valence-corrected chi connectivity index (χ4v) is 3.39. The Bertz CT molecular complexity index is 284. The number of aryl methyl sites for hydroxylation is 2. The zero-order valence-electron chi connectivity index (χ0n) is 8.47. The Labute approximate surface area is 84.2 Å². The van der Waals surface area contributed by atoms with E-state index in [9.17, 15) is 0 Å². The molecule has 1 saturated carbocycles. The fourth-order valence-electron chi connectivity index (χ4n) is 2.29. The number of thiazole rings is 1. The van der Waals surface area contributed by atoms with Gasteiger partial charge in [0.15, 0.2) is 0 Å². The maximum Gasteiger partial charge on any atom is 0.0900 e. The number of rotatable bonds is 1. The van der Waals surface area contributed by atoms with Crippen LogP contribution in [0.5, 0.6) is 0 Å². The molecule has 1 aromatic rings. The van der Waals surface area contributed by atoms with Gasteiger partial charge in [-0.1, -0.05) is 19.3 Å². The molecule has 0 saturated heterocycles. The largest absolute Gasteiger partial charge is 0.247 e. The number of aromatic nitrogens is 1. The maximum atomic E-state index is 4.50. The molecule has 0 unspecified atom stereocenters. The van der Waals surface area contributed by atoms with Crippen molar-refractivity contribution in [1.29, 1.82) is 0 Å². The summed E-state index contributed by atoms with van der Waals surface area (Å²) in [4.78, 5) is 6.07. The van der Waals surface area contributed by atoms with Crippen molar-refractivity contribution in [3.8, 4) is 0 Å². The first-order valence-electron chi connectivity index (χ1n) is 5.21. The summed E-state index contributed by atoms with van der Waals surface area (Å²) in [6, 6.07) is 0. The highest BCUT2D eigenvalue weighted by molar-refractivity contribution is 7.11. The van der Waals surface area contributed by atoms with Crippen LogP contribution in [0.4, 0.5) is 0 Å². The van der Waals surface area contributed by atoms with Crippen LogP contribution in [0.3, 0.4) is 0 Å². The van der Waals surface area contributed by atoms with Gasteiger partial charge in [-0.2, -0.15) is 0 Å². The Morgan fingerprint density at radius 2 is 1.85 bits per heavy atom. The van der Waals surface area contributed by atoms with E-state index in [0.717, 1.165) is 5.92 Å². The Balaban J connectivity index is 2.18. The highest BCUT2D eigenvalue weighted by atomic mass is 32.1. The van der Waals surface area contributed by atoms with Gasteiger partial charge in [-0.15, -0.1) is 11.3 Å². The summed E-state index contributed by atoms with van der Waals surface area (Å²) >= 11 is 1.91. The van der Waals surface area contributed by atoms with E-state index >= 15 is 0 Å². The van der Waals surface area contributed by atoms with Gasteiger partial charge < -0.3 is 0 Å². The number of nitrogens with zero attached hydrogens (tertiary/aromatic N) is 1. The van der Waals surface area contributed by atoms with Crippen LogP contribution in [-0.2, 0) is 0 Å². The molecule has 13 heavy (non-hydrogen) atoms. The van der Waals surface area contributed by atoms with Gasteiger partial charge in [0.25, 0.3) is 0 Å². The molecular formula is C11H17NS. The average molecular weight is 195 g/mol. The topological polar surface area (TPSA) is 12.9 Å². The summed E-state index contributed by atoms with van der Waals surface area (Å²) in [5.74, 6) is 0.833. The summed E-state index contributed by atoms with van der Waals surface area (Å²) in [6.45, 7) is 4.28. The summed E-state index contributed by atoms with van der Waals surface area (Å²) in [7, 11) is 0. The van der Waals surface area contributed by atoms with Crippen LogP contribution < -0.4 is 0 Å². The van der Waals surface area contributed by atoms with E-state index in [2.05, 4.69) is 18.8 Å². The minimum absolute atomic E-state index is 0.833. The van der Waals surface area contributed by atoms with Crippen LogP contribution in [-0.4, -0.2) is 4.98 Å². The van der Waals surface area contributed by atoms with Crippen molar-refractivity contribution < 1.29 is 0 Å². The van der Waals surface area contributed by atoms with Crippen LogP contribution in [0, 0.1) is 13.8 Å². The van der Waals surface area contributed by atoms with Crippen molar-refractivity contribution in [1.82, 2.24) is 4.98 Å². The van der Waals surface area contributed by atoms with E-state index in [1.807, 2.05) is 11.3 Å². The molecule has 1 fully saturated rings. The molecule has 72 valence electrons. The second-order valence-electron chi connectivity index (χ2n) is 4.02. The molecule has 0 aromatic carbocycles. The van der Waals surface area contributed by atoms with E-state index in [-0.39, 0.29) is 0 Å². The van der Waals surface area contributed by atoms with Crippen molar-refractivity contribution in [3.63, 3.8) is 0 Å². The molecule has 1 aliphatic carbocycles. The van der Waals surface area contributed by atoms with Crippen molar-refractivity contribution >= 4 is 11.3 Å². The molecule has 0 atom stereocenters. The van der Waals surface area contributed by atoms with Gasteiger partial charge in [-0.3, -0.25) is 0 Å². The lowest BCUT2D eigenvalue weighted by molar-refractivity contribution is 0.446. The summed E-state index contributed by atoms with van der Waals surface area (Å²) in [6.07, 6.45) is 7.06. The van der Waals surface area contributed by atoms with Crippen LogP contribution in [0.25, 0.3) is 0 Å². The van der Waals surface area contributed by atoms with E-state index in [1.54, 1.807) is 4.88 Å². The third kappa shape index (κ3) is 1.93. The lowest BCUT2D eigenvalue weighted by atomic mass is 9.88. The number of hydrogen-bond acceptors (Lipinski definition) is 2. The van der Waals surface area contributed by atoms with Gasteiger partial charge in [0.2, 0.25) is 0 Å². The standard InChI is InChI=1S/C11H17NS/c1-8-11(13-9(2)12-8)10-6-4-3-5-7-10/h10H,3-7H2,1-2H3. The first-order valence-corrected chi connectivity index (χ1v) is 6.03. The quantitative estimate of drug-likeness (QED) is 0.664. The van der Waals surface area contributed by atoms with E-state index in [4.69, 9.17) is 0 Å². The molecule has 1 nitrogen and oxygen atoms in total. The first kappa shape index (κ1) is 9.20. The summed E-state index contributed by atoms with van der Waals surface area (Å²) < 4.78 is 0. The van der Waals surface area contributed by atoms with Gasteiger partial charge in [0, 0.05) is 4.88 Å². The predicted octanol–water partition coefficient (Wildman–Crippen LogP) is 3.81. The minimum Gasteiger partial charge on any atom is -0.247 e. The van der Waals surface area contributed by atoms with Crippen LogP contribution in [0.2, 0.25) is 0 Å². The third-order valence-electron chi connectivity index (χ3n) is 2.92. The Morgan fingerprint density at radius 1 is 1.15 bits per heavy atom. The maximum absolute atomic E-state index is 4.50. The van der Waals surface area contributed by atoms with Gasteiger partial charge >= 0.3 is 0 Å². The van der Waals surface area contributed by atoms with E-state index in [0.29, 0.717) is 0 Å². The highest BCUT2D eigenvalue weighted by Gasteiger charge is 2.19. The molecule has 0 aliphatic heterocycles. The molecule has 0 amide bonds. The molecule has 0 radical (unpaired) electrons. The summed E-state index contributed by atoms with van der Waals surface area (Å²) in [5, 5.41) is 1.23. The molecule has 1 heterocycles. The van der Waals surface area contributed by atoms with Gasteiger partial charge in [-0.25, -0.2) is 4.98 Å². The predicted molar refractivity (Wildman–Crippen MR) is 57.4 cm³/mol. The van der Waals surface area contributed by atoms with Crippen molar-refractivity contribution in [2.75, 3.05) is 0 Å². The lowest BCUT2D eigenvalue weighted by Gasteiger charge is -2.20. The minimum atomic E-state index is 0.833. The van der Waals surface area contributed by atoms with Crippen LogP contribution in [0.15, 0.2) is 0 Å². The molecular weight excluding hydrogens is 178 g/mol. The second-order valence-corrected chi connectivity index (χ2v) is 5.25. The molecule has 0 N–H and O–H groups in total. The first-order chi connectivity index (χ1) is 6.27.